The average Bonchev–Trinajstić information content (AvgIpc) is 3.28. The minimum atomic E-state index is -0.0132. The van der Waals surface area contributed by atoms with Gasteiger partial charge in [0.2, 0.25) is 16.0 Å². The number of nitrogens with zero attached hydrogens (tertiary/aromatic N) is 4. The van der Waals surface area contributed by atoms with Gasteiger partial charge < -0.3 is 15.0 Å². The summed E-state index contributed by atoms with van der Waals surface area (Å²) in [6, 6.07) is 7.82. The molecule has 2 aliphatic rings. The second kappa shape index (κ2) is 9.51. The summed E-state index contributed by atoms with van der Waals surface area (Å²) in [5.41, 5.74) is 2.82. The van der Waals surface area contributed by atoms with Crippen molar-refractivity contribution < 1.29 is 9.53 Å². The van der Waals surface area contributed by atoms with E-state index < -0.39 is 0 Å². The van der Waals surface area contributed by atoms with Crippen LogP contribution in [-0.4, -0.2) is 40.2 Å². The summed E-state index contributed by atoms with van der Waals surface area (Å²) in [5, 5.41) is 8.47. The van der Waals surface area contributed by atoms with Crippen molar-refractivity contribution in [3.8, 4) is 5.75 Å². The molecule has 1 aliphatic heterocycles. The van der Waals surface area contributed by atoms with E-state index in [4.69, 9.17) is 9.72 Å². The molecule has 1 fully saturated rings. The number of aryl methyl sites for hydroxylation is 1. The van der Waals surface area contributed by atoms with E-state index in [2.05, 4.69) is 15.3 Å². The monoisotopic (exact) mass is 467 g/mol. The minimum absolute atomic E-state index is 0.00788. The zero-order chi connectivity index (χ0) is 22.8. The zero-order valence-corrected chi connectivity index (χ0v) is 19.7. The van der Waals surface area contributed by atoms with Gasteiger partial charge in [0.15, 0.2) is 0 Å². The number of ether oxygens (including phenoxy) is 1. The van der Waals surface area contributed by atoms with Crippen LogP contribution in [0.4, 0.5) is 5.13 Å². The first-order valence-electron chi connectivity index (χ1n) is 11.8. The van der Waals surface area contributed by atoms with Crippen LogP contribution >= 0.6 is 11.3 Å². The van der Waals surface area contributed by atoms with Gasteiger partial charge in [-0.2, -0.15) is 4.52 Å². The number of piperidine rings is 1. The molecular formula is C24H29N5O3S. The van der Waals surface area contributed by atoms with E-state index in [0.717, 1.165) is 79.3 Å². The summed E-state index contributed by atoms with van der Waals surface area (Å²) >= 11 is 1.47. The van der Waals surface area contributed by atoms with Crippen LogP contribution in [-0.2, 0) is 24.2 Å². The Morgan fingerprint density at radius 2 is 1.94 bits per heavy atom. The Hall–Kier alpha value is -2.94. The first-order valence-corrected chi connectivity index (χ1v) is 12.6. The summed E-state index contributed by atoms with van der Waals surface area (Å²) in [6.45, 7) is 4.61. The van der Waals surface area contributed by atoms with Gasteiger partial charge in [0.25, 0.3) is 5.56 Å². The van der Waals surface area contributed by atoms with E-state index in [1.54, 1.807) is 0 Å². The molecule has 3 aromatic rings. The van der Waals surface area contributed by atoms with E-state index >= 15 is 0 Å². The molecule has 1 N–H and O–H groups in total. The van der Waals surface area contributed by atoms with Crippen LogP contribution in [0.2, 0.25) is 0 Å². The topological polar surface area (TPSA) is 88.8 Å². The second-order valence-electron chi connectivity index (χ2n) is 8.68. The number of amides is 1. The molecule has 3 heterocycles. The highest BCUT2D eigenvalue weighted by Crippen LogP contribution is 2.28. The highest BCUT2D eigenvalue weighted by atomic mass is 32.1. The molecule has 9 heteroatoms. The molecule has 1 amide bonds. The number of rotatable bonds is 6. The highest BCUT2D eigenvalue weighted by Gasteiger charge is 2.27. The van der Waals surface area contributed by atoms with Crippen LogP contribution in [0.5, 0.6) is 5.75 Å². The quantitative estimate of drug-likeness (QED) is 0.600. The average molecular weight is 468 g/mol. The summed E-state index contributed by atoms with van der Waals surface area (Å²) < 4.78 is 6.93. The summed E-state index contributed by atoms with van der Waals surface area (Å²) in [4.78, 5) is 33.1. The number of benzene rings is 1. The van der Waals surface area contributed by atoms with Crippen molar-refractivity contribution in [2.45, 2.75) is 52.0 Å². The van der Waals surface area contributed by atoms with Crippen molar-refractivity contribution in [2.24, 2.45) is 5.92 Å². The van der Waals surface area contributed by atoms with Gasteiger partial charge >= 0.3 is 0 Å². The number of anilines is 1. The minimum Gasteiger partial charge on any atom is -0.494 e. The molecule has 0 saturated carbocycles. The van der Waals surface area contributed by atoms with Crippen molar-refractivity contribution >= 4 is 27.3 Å². The predicted octanol–water partition coefficient (Wildman–Crippen LogP) is 2.96. The Labute approximate surface area is 196 Å². The maximum atomic E-state index is 12.8. The van der Waals surface area contributed by atoms with Gasteiger partial charge in [-0.05, 0) is 63.1 Å². The second-order valence-corrected chi connectivity index (χ2v) is 9.62. The summed E-state index contributed by atoms with van der Waals surface area (Å²) in [7, 11) is 0. The number of hydrogen-bond acceptors (Lipinski definition) is 7. The molecule has 174 valence electrons. The molecule has 1 aromatic carbocycles. The largest absolute Gasteiger partial charge is 0.494 e. The molecular weight excluding hydrogens is 438 g/mol. The Bertz CT molecular complexity index is 1200. The Kier molecular flexibility index (Phi) is 6.30. The van der Waals surface area contributed by atoms with Crippen LogP contribution < -0.4 is 20.5 Å². The SMILES string of the molecule is CCOc1ccc(CNC(=O)C2CCN(c3nn4c(=O)c5c(nc4s3)CCCC5)CC2)cc1. The van der Waals surface area contributed by atoms with Crippen molar-refractivity contribution in [3.05, 3.63) is 51.4 Å². The van der Waals surface area contributed by atoms with E-state index in [0.29, 0.717) is 18.1 Å². The number of hydrogen-bond donors (Lipinski definition) is 1. The number of aromatic nitrogens is 3. The van der Waals surface area contributed by atoms with Crippen LogP contribution in [0.15, 0.2) is 29.1 Å². The summed E-state index contributed by atoms with van der Waals surface area (Å²) in [6.07, 6.45) is 5.35. The molecule has 8 nitrogen and oxygen atoms in total. The lowest BCUT2D eigenvalue weighted by Gasteiger charge is -2.30. The maximum Gasteiger partial charge on any atom is 0.278 e. The molecule has 2 aromatic heterocycles. The lowest BCUT2D eigenvalue weighted by molar-refractivity contribution is -0.125. The zero-order valence-electron chi connectivity index (χ0n) is 18.9. The lowest BCUT2D eigenvalue weighted by Crippen LogP contribution is -2.40. The molecule has 0 spiro atoms. The molecule has 0 atom stereocenters. The van der Waals surface area contributed by atoms with Gasteiger partial charge in [-0.15, -0.1) is 5.10 Å². The fourth-order valence-electron chi connectivity index (χ4n) is 4.63. The predicted molar refractivity (Wildman–Crippen MR) is 128 cm³/mol. The van der Waals surface area contributed by atoms with Gasteiger partial charge in [0, 0.05) is 31.1 Å². The Morgan fingerprint density at radius 3 is 2.70 bits per heavy atom. The van der Waals surface area contributed by atoms with E-state index in [-0.39, 0.29) is 17.4 Å². The number of fused-ring (bicyclic) bond motifs is 2. The molecule has 0 radical (unpaired) electrons. The third kappa shape index (κ3) is 4.59. The molecule has 33 heavy (non-hydrogen) atoms. The van der Waals surface area contributed by atoms with Crippen LogP contribution in [0.25, 0.3) is 4.96 Å². The van der Waals surface area contributed by atoms with E-state index in [1.807, 2.05) is 31.2 Å². The third-order valence-electron chi connectivity index (χ3n) is 6.51. The number of carbonyl (C=O) groups excluding carboxylic acids is 1. The molecule has 0 bridgehead atoms. The first-order chi connectivity index (χ1) is 16.1. The normalized spacial score (nSPS) is 16.6. The van der Waals surface area contributed by atoms with E-state index in [1.165, 1.54) is 15.9 Å². The fourth-order valence-corrected chi connectivity index (χ4v) is 5.59. The standard InChI is InChI=1S/C24H29N5O3S/c1-2-32-18-9-7-16(8-10-18)15-25-21(30)17-11-13-28(14-12-17)24-27-29-22(31)19-5-3-4-6-20(19)26-23(29)33-24/h7-10,17H,2-6,11-15H2,1H3,(H,25,30). The number of nitrogens with one attached hydrogen (secondary N) is 1. The van der Waals surface area contributed by atoms with Crippen molar-refractivity contribution in [3.63, 3.8) is 0 Å². The van der Waals surface area contributed by atoms with Gasteiger partial charge in [-0.25, -0.2) is 4.98 Å². The van der Waals surface area contributed by atoms with Crippen molar-refractivity contribution in [1.29, 1.82) is 0 Å². The lowest BCUT2D eigenvalue weighted by atomic mass is 9.96. The molecule has 1 saturated heterocycles. The molecule has 1 aliphatic carbocycles. The smallest absolute Gasteiger partial charge is 0.278 e. The van der Waals surface area contributed by atoms with Crippen molar-refractivity contribution in [1.82, 2.24) is 19.9 Å². The first kappa shape index (κ1) is 21.9. The third-order valence-corrected chi connectivity index (χ3v) is 7.48. The number of carbonyl (C=O) groups is 1. The fraction of sp³-hybridized carbons (Fsp3) is 0.500. The molecule has 0 unspecified atom stereocenters. The van der Waals surface area contributed by atoms with Gasteiger partial charge in [0.05, 0.1) is 12.3 Å². The van der Waals surface area contributed by atoms with Gasteiger partial charge in [-0.3, -0.25) is 9.59 Å². The van der Waals surface area contributed by atoms with Crippen LogP contribution in [0.3, 0.4) is 0 Å². The molecule has 5 rings (SSSR count). The van der Waals surface area contributed by atoms with Crippen LogP contribution in [0.1, 0.15) is 49.4 Å². The van der Waals surface area contributed by atoms with Gasteiger partial charge in [-0.1, -0.05) is 23.5 Å². The highest BCUT2D eigenvalue weighted by molar-refractivity contribution is 7.20. The van der Waals surface area contributed by atoms with Gasteiger partial charge in [0.1, 0.15) is 5.75 Å². The summed E-state index contributed by atoms with van der Waals surface area (Å²) in [5.74, 6) is 0.928. The van der Waals surface area contributed by atoms with Crippen molar-refractivity contribution in [2.75, 3.05) is 24.6 Å². The van der Waals surface area contributed by atoms with Crippen LogP contribution in [0, 0.1) is 5.92 Å². The van der Waals surface area contributed by atoms with E-state index in [9.17, 15) is 9.59 Å². The maximum absolute atomic E-state index is 12.8. The Morgan fingerprint density at radius 1 is 1.18 bits per heavy atom. The Balaban J connectivity index is 1.18.